The number of carbonyl (C=O) groups is 1. The number of anilines is 1. The predicted octanol–water partition coefficient (Wildman–Crippen LogP) is 3.01. The molecule has 24 heavy (non-hydrogen) atoms. The summed E-state index contributed by atoms with van der Waals surface area (Å²) in [5.74, 6) is -0.0910. The van der Waals surface area contributed by atoms with Gasteiger partial charge in [0, 0.05) is 23.5 Å². The third kappa shape index (κ3) is 3.25. The van der Waals surface area contributed by atoms with Gasteiger partial charge in [0.15, 0.2) is 5.65 Å². The second-order valence-electron chi connectivity index (χ2n) is 5.91. The number of aromatic nitrogens is 3. The minimum absolute atomic E-state index is 0.238. The topological polar surface area (TPSA) is 62.5 Å². The highest BCUT2D eigenvalue weighted by atomic mass is 35.5. The van der Waals surface area contributed by atoms with Crippen LogP contribution in [0, 0.1) is 6.92 Å². The van der Waals surface area contributed by atoms with Crippen LogP contribution in [0.15, 0.2) is 36.5 Å². The van der Waals surface area contributed by atoms with Crippen LogP contribution in [0.1, 0.15) is 21.7 Å². The molecule has 0 aliphatic carbocycles. The first-order valence-corrected chi connectivity index (χ1v) is 7.88. The maximum Gasteiger partial charge on any atom is 0.293 e. The maximum atomic E-state index is 12.5. The molecule has 0 radical (unpaired) electrons. The first kappa shape index (κ1) is 16.4. The van der Waals surface area contributed by atoms with E-state index in [1.165, 1.54) is 0 Å². The fourth-order valence-corrected chi connectivity index (χ4v) is 2.73. The number of hydrogen-bond acceptors (Lipinski definition) is 4. The molecule has 0 saturated carbocycles. The summed E-state index contributed by atoms with van der Waals surface area (Å²) in [4.78, 5) is 14.5. The molecule has 0 atom stereocenters. The highest BCUT2D eigenvalue weighted by Crippen LogP contribution is 2.22. The van der Waals surface area contributed by atoms with Crippen LogP contribution in [-0.2, 0) is 6.54 Å². The van der Waals surface area contributed by atoms with Crippen molar-refractivity contribution in [1.82, 2.24) is 19.5 Å². The molecular weight excluding hydrogens is 326 g/mol. The molecule has 0 unspecified atom stereocenters. The fraction of sp³-hybridized carbons (Fsp3) is 0.235. The van der Waals surface area contributed by atoms with Gasteiger partial charge in [0.1, 0.15) is 0 Å². The maximum absolute atomic E-state index is 12.5. The van der Waals surface area contributed by atoms with Crippen molar-refractivity contribution >= 4 is 28.8 Å². The number of amides is 1. The van der Waals surface area contributed by atoms with E-state index in [9.17, 15) is 4.79 Å². The van der Waals surface area contributed by atoms with Gasteiger partial charge in [-0.05, 0) is 50.3 Å². The molecule has 2 aromatic heterocycles. The minimum atomic E-state index is -0.329. The number of aryl methyl sites for hydroxylation is 1. The Morgan fingerprint density at radius 2 is 2.08 bits per heavy atom. The van der Waals surface area contributed by atoms with E-state index in [1.807, 2.05) is 50.2 Å². The number of carbonyl (C=O) groups excluding carboxylic acids is 1. The van der Waals surface area contributed by atoms with Crippen molar-refractivity contribution in [1.29, 1.82) is 0 Å². The number of nitrogens with one attached hydrogen (secondary N) is 1. The molecule has 3 aromatic rings. The van der Waals surface area contributed by atoms with Crippen LogP contribution in [-0.4, -0.2) is 39.5 Å². The van der Waals surface area contributed by atoms with Crippen LogP contribution < -0.4 is 5.32 Å². The quantitative estimate of drug-likeness (QED) is 0.791. The van der Waals surface area contributed by atoms with Gasteiger partial charge < -0.3 is 10.2 Å². The third-order valence-electron chi connectivity index (χ3n) is 3.63. The number of benzene rings is 1. The zero-order chi connectivity index (χ0) is 17.3. The molecule has 0 spiro atoms. The number of nitrogens with zero attached hydrogens (tertiary/aromatic N) is 4. The Hall–Kier alpha value is -2.44. The lowest BCUT2D eigenvalue weighted by molar-refractivity contribution is 0.101. The van der Waals surface area contributed by atoms with Crippen molar-refractivity contribution in [3.05, 3.63) is 58.5 Å². The number of fused-ring (bicyclic) bond motifs is 1. The lowest BCUT2D eigenvalue weighted by atomic mass is 10.2. The zero-order valence-electron chi connectivity index (χ0n) is 13.7. The van der Waals surface area contributed by atoms with E-state index < -0.39 is 0 Å². The Morgan fingerprint density at radius 3 is 2.79 bits per heavy atom. The van der Waals surface area contributed by atoms with E-state index in [0.29, 0.717) is 16.4 Å². The molecule has 0 fully saturated rings. The normalized spacial score (nSPS) is 11.2. The van der Waals surface area contributed by atoms with Gasteiger partial charge in [-0.25, -0.2) is 0 Å². The molecule has 1 amide bonds. The molecule has 6 nitrogen and oxygen atoms in total. The van der Waals surface area contributed by atoms with Crippen LogP contribution in [0.25, 0.3) is 5.65 Å². The highest BCUT2D eigenvalue weighted by molar-refractivity contribution is 6.31. The van der Waals surface area contributed by atoms with Crippen molar-refractivity contribution in [2.24, 2.45) is 0 Å². The van der Waals surface area contributed by atoms with E-state index in [2.05, 4.69) is 15.5 Å². The van der Waals surface area contributed by atoms with Gasteiger partial charge in [0.2, 0.25) is 5.82 Å². The summed E-state index contributed by atoms with van der Waals surface area (Å²) < 4.78 is 1.67. The van der Waals surface area contributed by atoms with Crippen molar-refractivity contribution < 1.29 is 4.79 Å². The summed E-state index contributed by atoms with van der Waals surface area (Å²) in [6, 6.07) is 9.26. The van der Waals surface area contributed by atoms with Gasteiger partial charge in [0.05, 0.1) is 0 Å². The van der Waals surface area contributed by atoms with Crippen LogP contribution in [0.4, 0.5) is 5.69 Å². The average Bonchev–Trinajstić information content (AvgIpc) is 2.95. The van der Waals surface area contributed by atoms with Crippen LogP contribution in [0.2, 0.25) is 5.02 Å². The summed E-state index contributed by atoms with van der Waals surface area (Å²) in [6.45, 7) is 2.66. The fourth-order valence-electron chi connectivity index (χ4n) is 2.49. The van der Waals surface area contributed by atoms with E-state index in [0.717, 1.165) is 17.7 Å². The largest absolute Gasteiger partial charge is 0.319 e. The predicted molar refractivity (Wildman–Crippen MR) is 94.5 cm³/mol. The number of halogens is 1. The van der Waals surface area contributed by atoms with Crippen molar-refractivity contribution in [3.8, 4) is 0 Å². The van der Waals surface area contributed by atoms with Gasteiger partial charge in [0.25, 0.3) is 5.91 Å². The molecule has 124 valence electrons. The summed E-state index contributed by atoms with van der Waals surface area (Å²) in [6.07, 6.45) is 1.77. The SMILES string of the molecule is Cc1cccn2c(C(=O)Nc3ccc(CN(C)C)c(Cl)c3)nnc12. The minimum Gasteiger partial charge on any atom is -0.319 e. The van der Waals surface area contributed by atoms with Gasteiger partial charge in [-0.3, -0.25) is 9.20 Å². The van der Waals surface area contributed by atoms with Crippen molar-refractivity contribution in [3.63, 3.8) is 0 Å². The summed E-state index contributed by atoms with van der Waals surface area (Å²) in [5.41, 5.74) is 3.25. The first-order valence-electron chi connectivity index (χ1n) is 7.50. The van der Waals surface area contributed by atoms with E-state index >= 15 is 0 Å². The van der Waals surface area contributed by atoms with Crippen molar-refractivity contribution in [2.45, 2.75) is 13.5 Å². The Bertz CT molecular complexity index is 903. The Kier molecular flexibility index (Phi) is 4.51. The van der Waals surface area contributed by atoms with E-state index in [-0.39, 0.29) is 11.7 Å². The highest BCUT2D eigenvalue weighted by Gasteiger charge is 2.15. The third-order valence-corrected chi connectivity index (χ3v) is 3.98. The van der Waals surface area contributed by atoms with E-state index in [4.69, 9.17) is 11.6 Å². The van der Waals surface area contributed by atoms with Crippen molar-refractivity contribution in [2.75, 3.05) is 19.4 Å². The number of pyridine rings is 1. The van der Waals surface area contributed by atoms with Gasteiger partial charge in [-0.2, -0.15) is 0 Å². The molecule has 0 bridgehead atoms. The van der Waals surface area contributed by atoms with Crippen LogP contribution in [0.3, 0.4) is 0 Å². The lowest BCUT2D eigenvalue weighted by Crippen LogP contribution is -2.16. The Balaban J connectivity index is 1.84. The second kappa shape index (κ2) is 6.59. The molecular formula is C17H18ClN5O. The zero-order valence-corrected chi connectivity index (χ0v) is 14.5. The molecule has 0 aliphatic rings. The first-order chi connectivity index (χ1) is 11.5. The number of hydrogen-bond donors (Lipinski definition) is 1. The Morgan fingerprint density at radius 1 is 1.29 bits per heavy atom. The molecule has 0 aliphatic heterocycles. The summed E-state index contributed by atoms with van der Waals surface area (Å²) in [7, 11) is 3.95. The van der Waals surface area contributed by atoms with Gasteiger partial charge in [-0.15, -0.1) is 10.2 Å². The monoisotopic (exact) mass is 343 g/mol. The summed E-state index contributed by atoms with van der Waals surface area (Å²) >= 11 is 6.29. The average molecular weight is 344 g/mol. The Labute approximate surface area is 145 Å². The standard InChI is InChI=1S/C17H18ClN5O/c1-11-5-4-8-23-15(11)20-21-16(23)17(24)19-13-7-6-12(10-22(2)3)14(18)9-13/h4-9H,10H2,1-3H3,(H,19,24). The lowest BCUT2D eigenvalue weighted by Gasteiger charge is -2.12. The molecule has 0 saturated heterocycles. The van der Waals surface area contributed by atoms with Crippen LogP contribution >= 0.6 is 11.6 Å². The van der Waals surface area contributed by atoms with Crippen LogP contribution in [0.5, 0.6) is 0 Å². The molecule has 1 aromatic carbocycles. The molecule has 1 N–H and O–H groups in total. The number of rotatable bonds is 4. The molecule has 7 heteroatoms. The molecule has 2 heterocycles. The second-order valence-corrected chi connectivity index (χ2v) is 6.31. The molecule has 3 rings (SSSR count). The van der Waals surface area contributed by atoms with E-state index in [1.54, 1.807) is 16.7 Å². The van der Waals surface area contributed by atoms with Gasteiger partial charge >= 0.3 is 0 Å². The smallest absolute Gasteiger partial charge is 0.293 e. The summed E-state index contributed by atoms with van der Waals surface area (Å²) in [5, 5.41) is 11.5. The van der Waals surface area contributed by atoms with Gasteiger partial charge in [-0.1, -0.05) is 23.7 Å².